The van der Waals surface area contributed by atoms with E-state index in [0.29, 0.717) is 31.1 Å². The van der Waals surface area contributed by atoms with Gasteiger partial charge in [0.05, 0.1) is 12.6 Å². The van der Waals surface area contributed by atoms with Crippen molar-refractivity contribution >= 4 is 5.91 Å². The smallest absolute Gasteiger partial charge is 0.253 e. The average molecular weight is 318 g/mol. The van der Waals surface area contributed by atoms with Gasteiger partial charge in [0.2, 0.25) is 0 Å². The Hall–Kier alpha value is -1.43. The summed E-state index contributed by atoms with van der Waals surface area (Å²) in [5.74, 6) is -0.0863. The number of β-amino-alcohol motifs (C(OH)–C–C–N with tert-alkyl or cyclic N) is 1. The predicted molar refractivity (Wildman–Crippen MR) is 88.2 cm³/mol. The van der Waals surface area contributed by atoms with Gasteiger partial charge in [-0.2, -0.15) is 0 Å². The van der Waals surface area contributed by atoms with E-state index in [-0.39, 0.29) is 12.5 Å². The van der Waals surface area contributed by atoms with Crippen molar-refractivity contribution in [1.82, 2.24) is 10.2 Å². The van der Waals surface area contributed by atoms with Crippen molar-refractivity contribution in [2.75, 3.05) is 19.6 Å². The van der Waals surface area contributed by atoms with Gasteiger partial charge in [-0.25, -0.2) is 0 Å². The first kappa shape index (κ1) is 16.4. The molecule has 1 aliphatic carbocycles. The highest BCUT2D eigenvalue weighted by molar-refractivity contribution is 5.94. The number of aliphatic hydroxyl groups excluding tert-OH is 1. The van der Waals surface area contributed by atoms with Gasteiger partial charge >= 0.3 is 0 Å². The van der Waals surface area contributed by atoms with Crippen molar-refractivity contribution in [1.29, 1.82) is 0 Å². The van der Waals surface area contributed by atoms with E-state index in [4.69, 9.17) is 0 Å². The van der Waals surface area contributed by atoms with Crippen LogP contribution in [0.5, 0.6) is 0 Å². The van der Waals surface area contributed by atoms with Crippen LogP contribution >= 0.6 is 0 Å². The average Bonchev–Trinajstić information content (AvgIpc) is 3.09. The Kier molecular flexibility index (Phi) is 4.99. The molecule has 1 saturated carbocycles. The minimum atomic E-state index is -1.27. The second-order valence-electron chi connectivity index (χ2n) is 6.86. The van der Waals surface area contributed by atoms with E-state index in [2.05, 4.69) is 5.32 Å². The maximum atomic E-state index is 12.6. The lowest BCUT2D eigenvalue weighted by Gasteiger charge is -2.43. The lowest BCUT2D eigenvalue weighted by Crippen LogP contribution is -2.63. The Labute approximate surface area is 137 Å². The molecule has 1 saturated heterocycles. The predicted octanol–water partition coefficient (Wildman–Crippen LogP) is 1.16. The maximum Gasteiger partial charge on any atom is 0.253 e. The van der Waals surface area contributed by atoms with Gasteiger partial charge in [-0.15, -0.1) is 0 Å². The van der Waals surface area contributed by atoms with Gasteiger partial charge in [0.15, 0.2) is 0 Å². The number of likely N-dealkylation sites (tertiary alicyclic amines) is 1. The Balaban J connectivity index is 1.64. The van der Waals surface area contributed by atoms with Crippen molar-refractivity contribution < 1.29 is 15.0 Å². The van der Waals surface area contributed by atoms with E-state index in [9.17, 15) is 15.0 Å². The normalized spacial score (nSPS) is 29.0. The van der Waals surface area contributed by atoms with Crippen LogP contribution < -0.4 is 5.32 Å². The van der Waals surface area contributed by atoms with Crippen LogP contribution in [0.1, 0.15) is 42.5 Å². The van der Waals surface area contributed by atoms with Gasteiger partial charge < -0.3 is 20.4 Å². The van der Waals surface area contributed by atoms with E-state index in [0.717, 1.165) is 12.8 Å². The third kappa shape index (κ3) is 3.74. The van der Waals surface area contributed by atoms with Crippen LogP contribution in [0.2, 0.25) is 0 Å². The lowest BCUT2D eigenvalue weighted by molar-refractivity contribution is -0.112. The zero-order valence-electron chi connectivity index (χ0n) is 13.4. The van der Waals surface area contributed by atoms with Crippen molar-refractivity contribution in [2.24, 2.45) is 0 Å². The molecule has 1 aliphatic heterocycles. The van der Waals surface area contributed by atoms with Gasteiger partial charge in [0.1, 0.15) is 5.60 Å². The minimum Gasteiger partial charge on any atom is -0.390 e. The second kappa shape index (κ2) is 6.99. The van der Waals surface area contributed by atoms with E-state index >= 15 is 0 Å². The topological polar surface area (TPSA) is 72.8 Å². The number of benzene rings is 1. The summed E-state index contributed by atoms with van der Waals surface area (Å²) < 4.78 is 0. The van der Waals surface area contributed by atoms with Crippen LogP contribution in [0.4, 0.5) is 0 Å². The molecule has 1 aromatic rings. The molecule has 0 unspecified atom stereocenters. The van der Waals surface area contributed by atoms with Crippen LogP contribution in [-0.2, 0) is 0 Å². The largest absolute Gasteiger partial charge is 0.390 e. The van der Waals surface area contributed by atoms with Crippen LogP contribution in [-0.4, -0.2) is 58.4 Å². The highest BCUT2D eigenvalue weighted by atomic mass is 16.3. The third-order valence-corrected chi connectivity index (χ3v) is 5.12. The molecule has 0 bridgehead atoms. The number of nitrogens with one attached hydrogen (secondary N) is 1. The number of piperidine rings is 1. The molecule has 3 rings (SSSR count). The number of nitrogens with zero attached hydrogens (tertiary/aromatic N) is 1. The van der Waals surface area contributed by atoms with Crippen LogP contribution in [0.25, 0.3) is 0 Å². The summed E-state index contributed by atoms with van der Waals surface area (Å²) in [7, 11) is 0. The summed E-state index contributed by atoms with van der Waals surface area (Å²) in [5, 5.41) is 24.5. The summed E-state index contributed by atoms with van der Waals surface area (Å²) in [6.07, 6.45) is 4.30. The Morgan fingerprint density at radius 2 is 1.91 bits per heavy atom. The summed E-state index contributed by atoms with van der Waals surface area (Å²) in [5.41, 5.74) is -0.652. The molecular formula is C18H26N2O3. The fourth-order valence-electron chi connectivity index (χ4n) is 3.62. The molecule has 1 heterocycles. The fourth-order valence-corrected chi connectivity index (χ4v) is 3.62. The highest BCUT2D eigenvalue weighted by Crippen LogP contribution is 2.24. The summed E-state index contributed by atoms with van der Waals surface area (Å²) in [4.78, 5) is 14.2. The summed E-state index contributed by atoms with van der Waals surface area (Å²) in [6, 6.07) is 9.52. The molecule has 1 amide bonds. The Morgan fingerprint density at radius 1 is 1.22 bits per heavy atom. The number of carbonyl (C=O) groups excluding carboxylic acids is 1. The minimum absolute atomic E-state index is 0.0863. The Morgan fingerprint density at radius 3 is 2.61 bits per heavy atom. The molecular weight excluding hydrogens is 292 g/mol. The monoisotopic (exact) mass is 318 g/mol. The molecule has 1 aromatic carbocycles. The molecule has 0 aromatic heterocycles. The number of rotatable bonds is 4. The molecule has 23 heavy (non-hydrogen) atoms. The molecule has 2 atom stereocenters. The summed E-state index contributed by atoms with van der Waals surface area (Å²) in [6.45, 7) is 0.972. The molecule has 2 aliphatic rings. The summed E-state index contributed by atoms with van der Waals surface area (Å²) >= 11 is 0. The van der Waals surface area contributed by atoms with Crippen molar-refractivity contribution in [3.63, 3.8) is 0 Å². The number of amides is 1. The van der Waals surface area contributed by atoms with E-state index in [1.165, 1.54) is 12.8 Å². The fraction of sp³-hybridized carbons (Fsp3) is 0.611. The first-order chi connectivity index (χ1) is 11.1. The van der Waals surface area contributed by atoms with E-state index in [1.54, 1.807) is 17.0 Å². The molecule has 2 fully saturated rings. The van der Waals surface area contributed by atoms with Gasteiger partial charge in [0.25, 0.3) is 5.91 Å². The lowest BCUT2D eigenvalue weighted by atomic mass is 9.88. The molecule has 5 heteroatoms. The number of aliphatic hydroxyl groups is 2. The number of hydrogen-bond acceptors (Lipinski definition) is 4. The van der Waals surface area contributed by atoms with Crippen molar-refractivity contribution in [3.8, 4) is 0 Å². The van der Waals surface area contributed by atoms with Crippen LogP contribution in [0.3, 0.4) is 0 Å². The zero-order valence-corrected chi connectivity index (χ0v) is 13.4. The number of hydrogen-bond donors (Lipinski definition) is 3. The van der Waals surface area contributed by atoms with E-state index < -0.39 is 11.7 Å². The Bertz CT molecular complexity index is 530. The van der Waals surface area contributed by atoms with Gasteiger partial charge in [0, 0.05) is 24.7 Å². The van der Waals surface area contributed by atoms with Crippen molar-refractivity contribution in [3.05, 3.63) is 35.9 Å². The van der Waals surface area contributed by atoms with Gasteiger partial charge in [-0.3, -0.25) is 4.79 Å². The second-order valence-corrected chi connectivity index (χ2v) is 6.86. The van der Waals surface area contributed by atoms with Crippen molar-refractivity contribution in [2.45, 2.75) is 49.9 Å². The molecule has 0 radical (unpaired) electrons. The van der Waals surface area contributed by atoms with Crippen LogP contribution in [0, 0.1) is 0 Å². The molecule has 3 N–H and O–H groups in total. The quantitative estimate of drug-likeness (QED) is 0.779. The van der Waals surface area contributed by atoms with Crippen LogP contribution in [0.15, 0.2) is 30.3 Å². The molecule has 5 nitrogen and oxygen atoms in total. The van der Waals surface area contributed by atoms with Gasteiger partial charge in [-0.05, 0) is 31.4 Å². The maximum absolute atomic E-state index is 12.6. The molecule has 126 valence electrons. The number of carbonyl (C=O) groups is 1. The third-order valence-electron chi connectivity index (χ3n) is 5.12. The van der Waals surface area contributed by atoms with E-state index in [1.807, 2.05) is 18.2 Å². The van der Waals surface area contributed by atoms with Gasteiger partial charge in [-0.1, -0.05) is 31.0 Å². The first-order valence-corrected chi connectivity index (χ1v) is 8.57. The zero-order chi connectivity index (χ0) is 16.3. The first-order valence-electron chi connectivity index (χ1n) is 8.57. The SMILES string of the molecule is O=C(c1ccccc1)N1CC[C@H](O)[C@@](O)(CNC2CCCC2)C1. The highest BCUT2D eigenvalue weighted by Gasteiger charge is 2.42. The molecule has 0 spiro atoms. The standard InChI is InChI=1S/C18H26N2O3/c21-16-10-11-20(17(22)14-6-2-1-3-7-14)13-18(16,23)12-19-15-8-4-5-9-15/h1-3,6-7,15-16,19,21,23H,4-5,8-13H2/t16-,18+/m0/s1.